The van der Waals surface area contributed by atoms with Crippen LogP contribution >= 0.6 is 0 Å². The second-order valence-electron chi connectivity index (χ2n) is 26.8. The standard InChI is InChI=1S/C76H106N14O11/c1-5-61(77-3)70(92)84-68-56(39-41-79-49-52-21-11-7-12-22-52)29-32-59-34-37-64(89(59)75(68)97)73(95)83-67(55-27-17-10-18-28-55)74(96)80-40-19-43-99-45-47-101-48-46-100-44-20-42-88-51-58(86-87-88)31-38-65(91)81-50-57-30-33-60-35-36-63(90(60)76(98)69(57)85-71(93)62(6-2)78-4)72(94)82-66(53-23-13-8-14-24-53)54-25-15-9-16-26-54/h7-18,21-28,51,56-57,59-64,66-69,77-79H,5-6,19-20,29-50H2,1-4H3,(H,80,96)(H,81,91)(H,82,94)(H,83,95)(H,84,92)(H,85,93)/t56-,57-,59+,60+,61+,62+,63+,64+,67+,68+,69+/m1/s1. The van der Waals surface area contributed by atoms with Gasteiger partial charge in [-0.1, -0.05) is 140 Å². The maximum Gasteiger partial charge on any atom is 0.247 e. The topological polar surface area (TPSA) is 310 Å². The minimum atomic E-state index is -1.01. The average Bonchev–Trinajstić information content (AvgIpc) is 1.65. The van der Waals surface area contributed by atoms with Gasteiger partial charge in [0.25, 0.3) is 0 Å². The van der Waals surface area contributed by atoms with Crippen LogP contribution in [0.1, 0.15) is 144 Å². The lowest BCUT2D eigenvalue weighted by molar-refractivity contribution is -0.144. The summed E-state index contributed by atoms with van der Waals surface area (Å²) in [5.41, 5.74) is 4.27. The van der Waals surface area contributed by atoms with Crippen molar-refractivity contribution in [1.29, 1.82) is 0 Å². The molecular formula is C76H106N14O11. The van der Waals surface area contributed by atoms with Gasteiger partial charge in [-0.05, 0) is 132 Å². The highest BCUT2D eigenvalue weighted by Crippen LogP contribution is 2.37. The molecule has 8 amide bonds. The Morgan fingerprint density at radius 2 is 1.04 bits per heavy atom. The van der Waals surface area contributed by atoms with Gasteiger partial charge in [-0.3, -0.25) is 43.0 Å². The first-order chi connectivity index (χ1) is 49.3. The molecule has 25 heteroatoms. The molecule has 0 saturated carbocycles. The normalized spacial score (nSPS) is 21.3. The number of benzene rings is 4. The zero-order valence-corrected chi connectivity index (χ0v) is 59.2. The van der Waals surface area contributed by atoms with Crippen LogP contribution in [0.15, 0.2) is 128 Å². The molecule has 0 unspecified atom stereocenters. The van der Waals surface area contributed by atoms with Crippen LogP contribution < -0.4 is 47.9 Å². The summed E-state index contributed by atoms with van der Waals surface area (Å²) < 4.78 is 19.0. The predicted octanol–water partition coefficient (Wildman–Crippen LogP) is 4.72. The largest absolute Gasteiger partial charge is 0.379 e. The summed E-state index contributed by atoms with van der Waals surface area (Å²) in [7, 11) is 3.43. The van der Waals surface area contributed by atoms with Gasteiger partial charge in [0.1, 0.15) is 30.2 Å². The molecule has 0 aliphatic carbocycles. The maximum atomic E-state index is 14.8. The number of aryl methyl sites for hydroxylation is 2. The fourth-order valence-electron chi connectivity index (χ4n) is 14.5. The molecule has 4 saturated heterocycles. The SMILES string of the molecule is CC[C@H](NC)C(=O)N[C@@H]1C(=O)N2[C@@H](CC[C@@H]1CNC(=O)CCc1cn(CCCOCCOCCOCCCNC(=O)[C@@H](NC(=O)[C@@H]3CC[C@@H]4CC[C@H](CCNCc5ccccc5)[C@H](NC(=O)[C@H](CC)NC)C(=O)N43)c3ccccc3)nn1)CC[C@H]2C(=O)NC(c1ccccc1)c1ccccc1. The molecule has 5 heterocycles. The number of fused-ring (bicyclic) bond motifs is 2. The van der Waals surface area contributed by atoms with Crippen LogP contribution in [0, 0.1) is 11.8 Å². The van der Waals surface area contributed by atoms with Gasteiger partial charge in [0.2, 0.25) is 47.3 Å². The van der Waals surface area contributed by atoms with Crippen LogP contribution in [0.25, 0.3) is 0 Å². The molecular weight excluding hydrogens is 1280 g/mol. The van der Waals surface area contributed by atoms with E-state index in [0.717, 1.165) is 16.7 Å². The number of amides is 8. The number of ether oxygens (including phenoxy) is 3. The molecule has 4 aromatic carbocycles. The Kier molecular flexibility index (Phi) is 30.6. The highest BCUT2D eigenvalue weighted by molar-refractivity contribution is 5.97. The van der Waals surface area contributed by atoms with E-state index < -0.39 is 60.2 Å². The molecule has 11 atom stereocenters. The van der Waals surface area contributed by atoms with Crippen molar-refractivity contribution >= 4 is 47.3 Å². The molecule has 25 nitrogen and oxygen atoms in total. The lowest BCUT2D eigenvalue weighted by atomic mass is 9.90. The number of likely N-dealkylation sites (N-methyl/N-ethyl adjacent to an activating group) is 2. The van der Waals surface area contributed by atoms with E-state index in [9.17, 15) is 38.4 Å². The molecule has 101 heavy (non-hydrogen) atoms. The summed E-state index contributed by atoms with van der Waals surface area (Å²) in [5.74, 6) is -2.95. The molecule has 546 valence electrons. The highest BCUT2D eigenvalue weighted by Gasteiger charge is 2.50. The Labute approximate surface area is 594 Å². The van der Waals surface area contributed by atoms with Gasteiger partial charge in [-0.2, -0.15) is 0 Å². The van der Waals surface area contributed by atoms with Crippen LogP contribution in [-0.2, 0) is 72.1 Å². The molecule has 0 radical (unpaired) electrons. The maximum absolute atomic E-state index is 14.8. The first-order valence-electron chi connectivity index (χ1n) is 36.5. The van der Waals surface area contributed by atoms with E-state index in [1.165, 1.54) is 0 Å². The quantitative estimate of drug-likeness (QED) is 0.0240. The van der Waals surface area contributed by atoms with Gasteiger partial charge in [0.15, 0.2) is 0 Å². The number of nitrogens with one attached hydrogen (secondary N) is 9. The number of carbonyl (C=O) groups is 8. The number of nitrogens with zero attached hydrogens (tertiary/aromatic N) is 5. The minimum absolute atomic E-state index is 0.142. The number of aromatic nitrogens is 3. The van der Waals surface area contributed by atoms with Gasteiger partial charge in [0.05, 0.1) is 50.2 Å². The predicted molar refractivity (Wildman–Crippen MR) is 382 cm³/mol. The van der Waals surface area contributed by atoms with E-state index >= 15 is 0 Å². The molecule has 0 bridgehead atoms. The molecule has 9 N–H and O–H groups in total. The van der Waals surface area contributed by atoms with Gasteiger partial charge in [-0.25, -0.2) is 0 Å². The van der Waals surface area contributed by atoms with Crippen molar-refractivity contribution < 1.29 is 52.6 Å². The Hall–Kier alpha value is -8.46. The van der Waals surface area contributed by atoms with Crippen LogP contribution in [0.3, 0.4) is 0 Å². The van der Waals surface area contributed by atoms with Gasteiger partial charge >= 0.3 is 0 Å². The summed E-state index contributed by atoms with van der Waals surface area (Å²) in [4.78, 5) is 116. The second kappa shape index (κ2) is 40.3. The molecule has 5 aromatic rings. The molecule has 0 spiro atoms. The van der Waals surface area contributed by atoms with E-state index in [-0.39, 0.29) is 72.3 Å². The monoisotopic (exact) mass is 1390 g/mol. The van der Waals surface area contributed by atoms with Crippen molar-refractivity contribution in [3.63, 3.8) is 0 Å². The zero-order chi connectivity index (χ0) is 71.3. The first kappa shape index (κ1) is 76.7. The van der Waals surface area contributed by atoms with Gasteiger partial charge in [0, 0.05) is 76.4 Å². The van der Waals surface area contributed by atoms with Crippen LogP contribution in [0.4, 0.5) is 0 Å². The Morgan fingerprint density at radius 1 is 0.545 bits per heavy atom. The van der Waals surface area contributed by atoms with E-state index in [2.05, 4.69) is 70.3 Å². The minimum Gasteiger partial charge on any atom is -0.379 e. The van der Waals surface area contributed by atoms with E-state index in [1.807, 2.05) is 117 Å². The van der Waals surface area contributed by atoms with Crippen molar-refractivity contribution in [2.24, 2.45) is 11.8 Å². The molecule has 4 aliphatic rings. The van der Waals surface area contributed by atoms with Crippen LogP contribution in [-0.4, -0.2) is 194 Å². The lowest BCUT2D eigenvalue weighted by Gasteiger charge is -2.33. The summed E-state index contributed by atoms with van der Waals surface area (Å²) in [6.45, 7) is 8.49. The van der Waals surface area contributed by atoms with Gasteiger partial charge < -0.3 is 71.9 Å². The van der Waals surface area contributed by atoms with Crippen molar-refractivity contribution in [3.8, 4) is 0 Å². The third-order valence-corrected chi connectivity index (χ3v) is 20.1. The zero-order valence-electron chi connectivity index (χ0n) is 59.2. The van der Waals surface area contributed by atoms with Crippen molar-refractivity contribution in [1.82, 2.24) is 72.6 Å². The van der Waals surface area contributed by atoms with E-state index in [4.69, 9.17) is 14.2 Å². The fourth-order valence-corrected chi connectivity index (χ4v) is 14.5. The highest BCUT2D eigenvalue weighted by atomic mass is 16.5. The summed E-state index contributed by atoms with van der Waals surface area (Å²) in [6, 6.07) is 32.6. The number of carbonyl (C=O) groups excluding carboxylic acids is 8. The Balaban J connectivity index is 0.644. The summed E-state index contributed by atoms with van der Waals surface area (Å²) >= 11 is 0. The molecule has 4 aliphatic heterocycles. The number of hydrogen-bond donors (Lipinski definition) is 9. The lowest BCUT2D eigenvalue weighted by Crippen LogP contribution is -2.59. The average molecular weight is 1390 g/mol. The fraction of sp³-hybridized carbons (Fsp3) is 0.553. The van der Waals surface area contributed by atoms with Crippen LogP contribution in [0.2, 0.25) is 0 Å². The number of rotatable bonds is 40. The van der Waals surface area contributed by atoms with Crippen molar-refractivity contribution in [2.75, 3.05) is 73.4 Å². The van der Waals surface area contributed by atoms with Crippen molar-refractivity contribution in [2.45, 2.75) is 184 Å². The second-order valence-corrected chi connectivity index (χ2v) is 26.8. The Morgan fingerprint density at radius 3 is 1.59 bits per heavy atom. The summed E-state index contributed by atoms with van der Waals surface area (Å²) in [6.07, 6.45) is 10.1. The van der Waals surface area contributed by atoms with E-state index in [1.54, 1.807) is 40.7 Å². The smallest absolute Gasteiger partial charge is 0.247 e. The molecule has 4 fully saturated rings. The summed E-state index contributed by atoms with van der Waals surface area (Å²) in [5, 5.41) is 36.6. The van der Waals surface area contributed by atoms with Gasteiger partial charge in [-0.15, -0.1) is 5.10 Å². The Bertz CT molecular complexity index is 3360. The molecule has 9 rings (SSSR count). The first-order valence-corrected chi connectivity index (χ1v) is 36.5. The molecule has 1 aromatic heterocycles. The van der Waals surface area contributed by atoms with Crippen LogP contribution in [0.5, 0.6) is 0 Å². The van der Waals surface area contributed by atoms with Crippen molar-refractivity contribution in [3.05, 3.63) is 155 Å². The number of hydrogen-bond acceptors (Lipinski definition) is 16. The third kappa shape index (κ3) is 22.0. The van der Waals surface area contributed by atoms with E-state index in [0.29, 0.717) is 167 Å². The third-order valence-electron chi connectivity index (χ3n) is 20.1.